The van der Waals surface area contributed by atoms with Gasteiger partial charge in [0.25, 0.3) is 0 Å². The molecule has 0 aromatic heterocycles. The van der Waals surface area contributed by atoms with Gasteiger partial charge in [-0.05, 0) is 37.0 Å². The van der Waals surface area contributed by atoms with Gasteiger partial charge in [0.15, 0.2) is 0 Å². The van der Waals surface area contributed by atoms with E-state index < -0.39 is 0 Å². The van der Waals surface area contributed by atoms with Crippen LogP contribution in [0.3, 0.4) is 0 Å². The zero-order valence-electron chi connectivity index (χ0n) is 10.8. The Hall–Kier alpha value is -1.08. The smallest absolute Gasteiger partial charge is 0.0992 e. The Labute approximate surface area is 118 Å². The predicted octanol–water partition coefficient (Wildman–Crippen LogP) is 2.96. The molecule has 1 aliphatic heterocycles. The molecule has 0 amide bonds. The van der Waals surface area contributed by atoms with Crippen LogP contribution in [0.2, 0.25) is 5.02 Å². The molecule has 0 spiro atoms. The van der Waals surface area contributed by atoms with Gasteiger partial charge in [-0.1, -0.05) is 17.7 Å². The Kier molecular flexibility index (Phi) is 3.74. The second-order valence-electron chi connectivity index (χ2n) is 5.30. The topological polar surface area (TPSA) is 36.3 Å². The van der Waals surface area contributed by atoms with E-state index in [0.29, 0.717) is 22.7 Å². The molecule has 1 aromatic rings. The number of ether oxygens (including phenoxy) is 1. The molecule has 2 fully saturated rings. The van der Waals surface area contributed by atoms with Crippen molar-refractivity contribution in [2.24, 2.45) is 0 Å². The largest absolute Gasteiger partial charge is 0.375 e. The summed E-state index contributed by atoms with van der Waals surface area (Å²) in [4.78, 5) is 2.48. The number of benzene rings is 1. The van der Waals surface area contributed by atoms with Crippen molar-refractivity contribution < 1.29 is 4.74 Å². The Morgan fingerprint density at radius 2 is 2.32 bits per heavy atom. The Bertz CT molecular complexity index is 511. The highest BCUT2D eigenvalue weighted by Gasteiger charge is 2.35. The van der Waals surface area contributed by atoms with E-state index in [1.807, 2.05) is 12.1 Å². The van der Waals surface area contributed by atoms with Gasteiger partial charge in [-0.2, -0.15) is 5.26 Å². The van der Waals surface area contributed by atoms with E-state index in [1.54, 1.807) is 6.07 Å². The number of hydrogen-bond donors (Lipinski definition) is 0. The van der Waals surface area contributed by atoms with E-state index >= 15 is 0 Å². The molecule has 0 bridgehead atoms. The molecule has 4 heteroatoms. The molecule has 19 heavy (non-hydrogen) atoms. The second kappa shape index (κ2) is 5.50. The molecule has 2 atom stereocenters. The standard InChI is InChI=1S/C15H17ClN2O/c16-13-8-11(9-17)4-5-12(13)10-18-6-7-19-15-3-1-2-14(15)18/h4-5,8,14-15H,1-3,6-7,10H2. The maximum absolute atomic E-state index is 8.86. The lowest BCUT2D eigenvalue weighted by molar-refractivity contribution is -0.0588. The minimum absolute atomic E-state index is 0.408. The first kappa shape index (κ1) is 12.9. The fraction of sp³-hybridized carbons (Fsp3) is 0.533. The number of fused-ring (bicyclic) bond motifs is 1. The van der Waals surface area contributed by atoms with Crippen LogP contribution in [0.5, 0.6) is 0 Å². The summed E-state index contributed by atoms with van der Waals surface area (Å²) in [5.74, 6) is 0. The lowest BCUT2D eigenvalue weighted by atomic mass is 10.1. The Morgan fingerprint density at radius 1 is 1.42 bits per heavy atom. The highest BCUT2D eigenvalue weighted by molar-refractivity contribution is 6.31. The molecular weight excluding hydrogens is 260 g/mol. The molecule has 1 aromatic carbocycles. The molecule has 100 valence electrons. The maximum atomic E-state index is 8.86. The second-order valence-corrected chi connectivity index (χ2v) is 5.70. The summed E-state index contributed by atoms with van der Waals surface area (Å²) < 4.78 is 5.82. The molecular formula is C15H17ClN2O. The van der Waals surface area contributed by atoms with Crippen LogP contribution >= 0.6 is 11.6 Å². The number of morpholine rings is 1. The molecule has 1 heterocycles. The van der Waals surface area contributed by atoms with Gasteiger partial charge in [0.05, 0.1) is 24.3 Å². The fourth-order valence-electron chi connectivity index (χ4n) is 3.17. The predicted molar refractivity (Wildman–Crippen MR) is 74.0 cm³/mol. The van der Waals surface area contributed by atoms with Gasteiger partial charge in [0.2, 0.25) is 0 Å². The van der Waals surface area contributed by atoms with Crippen molar-refractivity contribution in [3.05, 3.63) is 34.3 Å². The van der Waals surface area contributed by atoms with Gasteiger partial charge in [-0.3, -0.25) is 4.90 Å². The summed E-state index contributed by atoms with van der Waals surface area (Å²) in [5.41, 5.74) is 1.72. The third kappa shape index (κ3) is 2.62. The van der Waals surface area contributed by atoms with Crippen LogP contribution in [-0.4, -0.2) is 30.2 Å². The van der Waals surface area contributed by atoms with Gasteiger partial charge in [0.1, 0.15) is 0 Å². The molecule has 1 saturated heterocycles. The fourth-order valence-corrected chi connectivity index (χ4v) is 3.41. The van der Waals surface area contributed by atoms with Crippen molar-refractivity contribution in [2.75, 3.05) is 13.2 Å². The first-order valence-electron chi connectivity index (χ1n) is 6.82. The van der Waals surface area contributed by atoms with Gasteiger partial charge < -0.3 is 4.74 Å². The zero-order chi connectivity index (χ0) is 13.2. The van der Waals surface area contributed by atoms with Crippen molar-refractivity contribution in [3.63, 3.8) is 0 Å². The van der Waals surface area contributed by atoms with E-state index in [4.69, 9.17) is 21.6 Å². The Balaban J connectivity index is 1.75. The van der Waals surface area contributed by atoms with Crippen molar-refractivity contribution in [1.29, 1.82) is 5.26 Å². The van der Waals surface area contributed by atoms with Crippen LogP contribution in [-0.2, 0) is 11.3 Å². The average molecular weight is 277 g/mol. The third-order valence-corrected chi connectivity index (χ3v) is 4.50. The van der Waals surface area contributed by atoms with Crippen LogP contribution in [0.4, 0.5) is 0 Å². The van der Waals surface area contributed by atoms with Crippen LogP contribution in [0.1, 0.15) is 30.4 Å². The van der Waals surface area contributed by atoms with Crippen molar-refractivity contribution in [2.45, 2.75) is 38.0 Å². The SMILES string of the molecule is N#Cc1ccc(CN2CCOC3CCCC32)c(Cl)c1. The summed E-state index contributed by atoms with van der Waals surface area (Å²) in [5, 5.41) is 9.56. The summed E-state index contributed by atoms with van der Waals surface area (Å²) in [7, 11) is 0. The average Bonchev–Trinajstić information content (AvgIpc) is 2.90. The van der Waals surface area contributed by atoms with Gasteiger partial charge in [0, 0.05) is 24.2 Å². The molecule has 0 N–H and O–H groups in total. The zero-order valence-corrected chi connectivity index (χ0v) is 11.6. The number of halogens is 1. The van der Waals surface area contributed by atoms with Crippen LogP contribution in [0.15, 0.2) is 18.2 Å². The van der Waals surface area contributed by atoms with E-state index in [2.05, 4.69) is 11.0 Å². The monoisotopic (exact) mass is 276 g/mol. The summed E-state index contributed by atoms with van der Waals surface area (Å²) in [6, 6.07) is 8.23. The highest BCUT2D eigenvalue weighted by Crippen LogP contribution is 2.31. The number of nitriles is 1. The third-order valence-electron chi connectivity index (χ3n) is 4.15. The first-order valence-corrected chi connectivity index (χ1v) is 7.20. The molecule has 3 rings (SSSR count). The van der Waals surface area contributed by atoms with Crippen molar-refractivity contribution in [1.82, 2.24) is 4.90 Å². The van der Waals surface area contributed by atoms with E-state index in [0.717, 1.165) is 25.3 Å². The molecule has 1 aliphatic carbocycles. The molecule has 1 saturated carbocycles. The maximum Gasteiger partial charge on any atom is 0.0992 e. The summed E-state index contributed by atoms with van der Waals surface area (Å²) in [6.07, 6.45) is 4.07. The van der Waals surface area contributed by atoms with Crippen LogP contribution in [0, 0.1) is 11.3 Å². The quantitative estimate of drug-likeness (QED) is 0.833. The normalized spacial score (nSPS) is 26.9. The van der Waals surface area contributed by atoms with E-state index in [-0.39, 0.29) is 0 Å². The molecule has 0 radical (unpaired) electrons. The first-order chi connectivity index (χ1) is 9.28. The summed E-state index contributed by atoms with van der Waals surface area (Å²) in [6.45, 7) is 2.64. The minimum Gasteiger partial charge on any atom is -0.375 e. The molecule has 2 aliphatic rings. The Morgan fingerprint density at radius 3 is 3.11 bits per heavy atom. The number of nitrogens with zero attached hydrogens (tertiary/aromatic N) is 2. The molecule has 2 unspecified atom stereocenters. The lowest BCUT2D eigenvalue weighted by Gasteiger charge is -2.37. The van der Waals surface area contributed by atoms with E-state index in [1.165, 1.54) is 19.3 Å². The van der Waals surface area contributed by atoms with Gasteiger partial charge >= 0.3 is 0 Å². The van der Waals surface area contributed by atoms with Crippen LogP contribution < -0.4 is 0 Å². The van der Waals surface area contributed by atoms with Gasteiger partial charge in [-0.15, -0.1) is 0 Å². The van der Waals surface area contributed by atoms with Crippen LogP contribution in [0.25, 0.3) is 0 Å². The van der Waals surface area contributed by atoms with Gasteiger partial charge in [-0.25, -0.2) is 0 Å². The number of hydrogen-bond acceptors (Lipinski definition) is 3. The molecule has 3 nitrogen and oxygen atoms in total. The number of rotatable bonds is 2. The van der Waals surface area contributed by atoms with Crippen molar-refractivity contribution in [3.8, 4) is 6.07 Å². The van der Waals surface area contributed by atoms with E-state index in [9.17, 15) is 0 Å². The highest BCUT2D eigenvalue weighted by atomic mass is 35.5. The summed E-state index contributed by atoms with van der Waals surface area (Å²) >= 11 is 6.26. The van der Waals surface area contributed by atoms with Crippen molar-refractivity contribution >= 4 is 11.6 Å². The lowest BCUT2D eigenvalue weighted by Crippen LogP contribution is -2.47. The minimum atomic E-state index is 0.408.